The van der Waals surface area contributed by atoms with E-state index in [1.54, 1.807) is 7.11 Å². The zero-order valence-corrected chi connectivity index (χ0v) is 24.0. The molecule has 216 valence electrons. The van der Waals surface area contributed by atoms with Crippen LogP contribution in [0.15, 0.2) is 36.7 Å². The van der Waals surface area contributed by atoms with E-state index in [2.05, 4.69) is 54.9 Å². The van der Waals surface area contributed by atoms with Crippen molar-refractivity contribution in [2.75, 3.05) is 70.8 Å². The normalized spacial score (nSPS) is 16.7. The smallest absolute Gasteiger partial charge is 0.227 e. The van der Waals surface area contributed by atoms with Gasteiger partial charge in [0.1, 0.15) is 17.1 Å². The van der Waals surface area contributed by atoms with Gasteiger partial charge < -0.3 is 24.6 Å². The highest BCUT2D eigenvalue weighted by molar-refractivity contribution is 5.67. The summed E-state index contributed by atoms with van der Waals surface area (Å²) < 4.78 is 39.7. The maximum atomic E-state index is 14.5. The lowest BCUT2D eigenvalue weighted by Gasteiger charge is -2.43. The number of nitrogens with zero attached hydrogens (tertiary/aromatic N) is 5. The van der Waals surface area contributed by atoms with Gasteiger partial charge in [0, 0.05) is 56.4 Å². The van der Waals surface area contributed by atoms with Crippen LogP contribution in [0.4, 0.5) is 26.1 Å². The number of nitrogens with one attached hydrogen (secondary N) is 1. The third-order valence-corrected chi connectivity index (χ3v) is 7.85. The molecule has 2 aromatic carbocycles. The fraction of sp³-hybridized carbons (Fsp3) is 0.419. The number of aromatic nitrogens is 2. The number of hydrogen-bond donors (Lipinski definition) is 1. The molecule has 2 aliphatic rings. The van der Waals surface area contributed by atoms with Gasteiger partial charge in [-0.2, -0.15) is 0 Å². The van der Waals surface area contributed by atoms with E-state index in [-0.39, 0.29) is 16.9 Å². The van der Waals surface area contributed by atoms with Gasteiger partial charge in [-0.15, -0.1) is 0 Å². The Morgan fingerprint density at radius 1 is 0.878 bits per heavy atom. The van der Waals surface area contributed by atoms with Crippen LogP contribution >= 0.6 is 0 Å². The molecule has 5 rings (SSSR count). The Hall–Kier alpha value is -3.94. The standard InChI is InChI=1S/C31H36F2N6O2/c1-21-17-28(41-4)30(33)25(29(21)32)7-5-22-19-34-31(35-20-22)36-23-6-8-26(27(18-23)40-3)39-15-13-38(14-16-39)24-9-11-37(2)12-10-24/h6,8,17-20,24H,9-16H2,1-4H3,(H,34,35,36). The summed E-state index contributed by atoms with van der Waals surface area (Å²) in [4.78, 5) is 16.1. The number of piperazine rings is 1. The van der Waals surface area contributed by atoms with Crippen molar-refractivity contribution in [2.24, 2.45) is 0 Å². The van der Waals surface area contributed by atoms with Crippen LogP contribution in [0, 0.1) is 30.4 Å². The van der Waals surface area contributed by atoms with Crippen LogP contribution in [0.2, 0.25) is 0 Å². The van der Waals surface area contributed by atoms with Gasteiger partial charge in [0.15, 0.2) is 11.6 Å². The summed E-state index contributed by atoms with van der Waals surface area (Å²) >= 11 is 0. The van der Waals surface area contributed by atoms with E-state index in [1.807, 2.05) is 12.1 Å². The van der Waals surface area contributed by atoms with Crippen LogP contribution < -0.4 is 19.7 Å². The SMILES string of the molecule is COc1cc(Nc2ncc(C#Cc3c(F)c(C)cc(OC)c3F)cn2)ccc1N1CCN(C2CCN(C)CC2)CC1. The first-order valence-corrected chi connectivity index (χ1v) is 13.9. The van der Waals surface area contributed by atoms with Gasteiger partial charge in [0.2, 0.25) is 5.95 Å². The molecular weight excluding hydrogens is 526 g/mol. The Kier molecular flexibility index (Phi) is 8.86. The number of piperidine rings is 1. The van der Waals surface area contributed by atoms with Gasteiger partial charge in [-0.1, -0.05) is 11.8 Å². The molecule has 1 aromatic heterocycles. The molecule has 2 aliphatic heterocycles. The topological polar surface area (TPSA) is 66.0 Å². The predicted molar refractivity (Wildman–Crippen MR) is 156 cm³/mol. The zero-order chi connectivity index (χ0) is 28.9. The number of hydrogen-bond acceptors (Lipinski definition) is 8. The second kappa shape index (κ2) is 12.7. The molecule has 2 saturated heterocycles. The third-order valence-electron chi connectivity index (χ3n) is 7.85. The summed E-state index contributed by atoms with van der Waals surface area (Å²) in [7, 11) is 5.21. The minimum Gasteiger partial charge on any atom is -0.495 e. The number of benzene rings is 2. The van der Waals surface area contributed by atoms with Crippen LogP contribution in [-0.4, -0.2) is 86.3 Å². The van der Waals surface area contributed by atoms with Gasteiger partial charge in [0.25, 0.3) is 0 Å². The van der Waals surface area contributed by atoms with E-state index in [1.165, 1.54) is 58.4 Å². The number of likely N-dealkylation sites (tertiary alicyclic amines) is 1. The highest BCUT2D eigenvalue weighted by Crippen LogP contribution is 2.33. The lowest BCUT2D eigenvalue weighted by atomic mass is 10.0. The molecule has 3 aromatic rings. The van der Waals surface area contributed by atoms with Gasteiger partial charge >= 0.3 is 0 Å². The molecule has 2 fully saturated rings. The van der Waals surface area contributed by atoms with Crippen molar-refractivity contribution in [3.63, 3.8) is 0 Å². The van der Waals surface area contributed by atoms with E-state index < -0.39 is 11.6 Å². The first kappa shape index (κ1) is 28.6. The Bertz CT molecular complexity index is 1420. The highest BCUT2D eigenvalue weighted by atomic mass is 19.1. The van der Waals surface area contributed by atoms with Crippen molar-refractivity contribution in [2.45, 2.75) is 25.8 Å². The van der Waals surface area contributed by atoms with Crippen LogP contribution in [0.5, 0.6) is 11.5 Å². The van der Waals surface area contributed by atoms with Crippen molar-refractivity contribution < 1.29 is 18.3 Å². The van der Waals surface area contributed by atoms with Crippen molar-refractivity contribution in [1.29, 1.82) is 0 Å². The van der Waals surface area contributed by atoms with Crippen molar-refractivity contribution in [3.8, 4) is 23.3 Å². The fourth-order valence-electron chi connectivity index (χ4n) is 5.42. The summed E-state index contributed by atoms with van der Waals surface area (Å²) in [5.74, 6) is 4.82. The van der Waals surface area contributed by atoms with Gasteiger partial charge in [-0.3, -0.25) is 4.90 Å². The Balaban J connectivity index is 1.22. The molecule has 0 amide bonds. The number of aryl methyl sites for hydroxylation is 1. The molecule has 0 saturated carbocycles. The van der Waals surface area contributed by atoms with E-state index in [9.17, 15) is 8.78 Å². The Morgan fingerprint density at radius 2 is 1.56 bits per heavy atom. The van der Waals surface area contributed by atoms with Crippen LogP contribution in [0.1, 0.15) is 29.5 Å². The number of ether oxygens (including phenoxy) is 2. The molecule has 0 aliphatic carbocycles. The third kappa shape index (κ3) is 6.53. The minimum absolute atomic E-state index is 0.0552. The summed E-state index contributed by atoms with van der Waals surface area (Å²) in [5.41, 5.74) is 2.17. The molecule has 8 nitrogen and oxygen atoms in total. The molecule has 0 unspecified atom stereocenters. The molecular formula is C31H36F2N6O2. The first-order valence-electron chi connectivity index (χ1n) is 13.9. The molecule has 0 bridgehead atoms. The van der Waals surface area contributed by atoms with Crippen molar-refractivity contribution in [1.82, 2.24) is 19.8 Å². The second-order valence-corrected chi connectivity index (χ2v) is 10.5. The molecule has 0 radical (unpaired) electrons. The van der Waals surface area contributed by atoms with Crippen LogP contribution in [-0.2, 0) is 0 Å². The monoisotopic (exact) mass is 562 g/mol. The van der Waals surface area contributed by atoms with E-state index in [0.29, 0.717) is 17.6 Å². The molecule has 10 heteroatoms. The lowest BCUT2D eigenvalue weighted by Crippen LogP contribution is -2.53. The maximum Gasteiger partial charge on any atom is 0.227 e. The van der Waals surface area contributed by atoms with Crippen molar-refractivity contribution >= 4 is 17.3 Å². The summed E-state index contributed by atoms with van der Waals surface area (Å²) in [5, 5.41) is 3.19. The molecule has 0 spiro atoms. The predicted octanol–water partition coefficient (Wildman–Crippen LogP) is 4.44. The fourth-order valence-corrected chi connectivity index (χ4v) is 5.42. The number of methoxy groups -OCH3 is 2. The Morgan fingerprint density at radius 3 is 2.22 bits per heavy atom. The van der Waals surface area contributed by atoms with Gasteiger partial charge in [-0.05, 0) is 63.7 Å². The number of halogens is 2. The highest BCUT2D eigenvalue weighted by Gasteiger charge is 2.27. The average molecular weight is 563 g/mol. The van der Waals surface area contributed by atoms with Crippen LogP contribution in [0.3, 0.4) is 0 Å². The number of anilines is 3. The van der Waals surface area contributed by atoms with E-state index in [4.69, 9.17) is 9.47 Å². The lowest BCUT2D eigenvalue weighted by molar-refractivity contribution is 0.115. The minimum atomic E-state index is -0.834. The summed E-state index contributed by atoms with van der Waals surface area (Å²) in [6, 6.07) is 7.97. The first-order chi connectivity index (χ1) is 19.9. The average Bonchev–Trinajstić information content (AvgIpc) is 3.00. The van der Waals surface area contributed by atoms with Crippen molar-refractivity contribution in [3.05, 3.63) is 65.0 Å². The maximum absolute atomic E-state index is 14.5. The zero-order valence-electron chi connectivity index (χ0n) is 24.0. The quantitative estimate of drug-likeness (QED) is 0.443. The van der Waals surface area contributed by atoms with E-state index >= 15 is 0 Å². The van der Waals surface area contributed by atoms with Gasteiger partial charge in [0.05, 0.1) is 25.5 Å². The van der Waals surface area contributed by atoms with Gasteiger partial charge in [-0.25, -0.2) is 18.7 Å². The van der Waals surface area contributed by atoms with E-state index in [0.717, 1.165) is 43.3 Å². The molecule has 3 heterocycles. The Labute approximate surface area is 240 Å². The second-order valence-electron chi connectivity index (χ2n) is 10.5. The number of rotatable bonds is 6. The van der Waals surface area contributed by atoms with Crippen LogP contribution in [0.25, 0.3) is 0 Å². The summed E-state index contributed by atoms with van der Waals surface area (Å²) in [6.45, 7) is 7.92. The molecule has 41 heavy (non-hydrogen) atoms. The molecule has 1 N–H and O–H groups in total. The largest absolute Gasteiger partial charge is 0.495 e. The molecule has 0 atom stereocenters. The summed E-state index contributed by atoms with van der Waals surface area (Å²) in [6.07, 6.45) is 5.49.